The van der Waals surface area contributed by atoms with Crippen molar-refractivity contribution in [2.45, 2.75) is 26.3 Å². The van der Waals surface area contributed by atoms with Crippen molar-refractivity contribution in [3.8, 4) is 5.75 Å². The van der Waals surface area contributed by atoms with E-state index in [2.05, 4.69) is 0 Å². The number of carbonyl (C=O) groups is 1. The van der Waals surface area contributed by atoms with Crippen LogP contribution >= 0.6 is 0 Å². The minimum atomic E-state index is -0.496. The number of benzene rings is 1. The summed E-state index contributed by atoms with van der Waals surface area (Å²) in [5.74, 6) is 0.219. The molecule has 0 bridgehead atoms. The highest BCUT2D eigenvalue weighted by atomic mass is 16.6. The number of non-ortho nitro benzene ring substituents is 1. The van der Waals surface area contributed by atoms with Crippen LogP contribution in [0.4, 0.5) is 5.69 Å². The Balaban J connectivity index is 2.55. The number of nitrogens with zero attached hydrogens (tertiary/aromatic N) is 2. The Hall–Kier alpha value is -2.15. The largest absolute Gasteiger partial charge is 0.484 e. The molecule has 0 heterocycles. The molecule has 1 aromatic carbocycles. The first-order valence-electron chi connectivity index (χ1n) is 6.73. The van der Waals surface area contributed by atoms with Crippen molar-refractivity contribution in [3.05, 3.63) is 34.4 Å². The highest BCUT2D eigenvalue weighted by molar-refractivity contribution is 5.78. The van der Waals surface area contributed by atoms with Gasteiger partial charge in [0, 0.05) is 31.3 Å². The molecule has 0 aliphatic rings. The summed E-state index contributed by atoms with van der Waals surface area (Å²) in [6.07, 6.45) is 0.515. The fourth-order valence-electron chi connectivity index (χ4n) is 1.80. The number of amides is 1. The summed E-state index contributed by atoms with van der Waals surface area (Å²) in [7, 11) is 0. The van der Waals surface area contributed by atoms with E-state index in [9.17, 15) is 14.9 Å². The van der Waals surface area contributed by atoms with Crippen LogP contribution in [-0.4, -0.2) is 46.6 Å². The quantitative estimate of drug-likeness (QED) is 0.581. The third-order valence-corrected chi connectivity index (χ3v) is 2.91. The zero-order chi connectivity index (χ0) is 15.8. The second-order valence-electron chi connectivity index (χ2n) is 4.80. The maximum Gasteiger partial charge on any atom is 0.269 e. The van der Waals surface area contributed by atoms with Crippen molar-refractivity contribution in [1.29, 1.82) is 0 Å². The monoisotopic (exact) mass is 296 g/mol. The maximum absolute atomic E-state index is 12.1. The van der Waals surface area contributed by atoms with Crippen LogP contribution in [0.3, 0.4) is 0 Å². The fourth-order valence-corrected chi connectivity index (χ4v) is 1.80. The van der Waals surface area contributed by atoms with Crippen molar-refractivity contribution >= 4 is 11.6 Å². The van der Waals surface area contributed by atoms with Gasteiger partial charge in [-0.15, -0.1) is 0 Å². The van der Waals surface area contributed by atoms with Crippen LogP contribution in [-0.2, 0) is 4.79 Å². The van der Waals surface area contributed by atoms with Crippen LogP contribution in [0.25, 0.3) is 0 Å². The summed E-state index contributed by atoms with van der Waals surface area (Å²) in [6.45, 7) is 4.14. The summed E-state index contributed by atoms with van der Waals surface area (Å²) in [5.41, 5.74) is -0.0274. The molecule has 0 aliphatic heterocycles. The summed E-state index contributed by atoms with van der Waals surface area (Å²) in [5, 5.41) is 19.4. The first-order valence-corrected chi connectivity index (χ1v) is 6.73. The first kappa shape index (κ1) is 16.9. The lowest BCUT2D eigenvalue weighted by Gasteiger charge is -2.26. The van der Waals surface area contributed by atoms with Gasteiger partial charge < -0.3 is 14.7 Å². The lowest BCUT2D eigenvalue weighted by atomic mass is 10.3. The van der Waals surface area contributed by atoms with Gasteiger partial charge in [-0.3, -0.25) is 14.9 Å². The zero-order valence-electron chi connectivity index (χ0n) is 12.2. The second-order valence-corrected chi connectivity index (χ2v) is 4.80. The van der Waals surface area contributed by atoms with E-state index in [1.54, 1.807) is 4.90 Å². The van der Waals surface area contributed by atoms with E-state index in [-0.39, 0.29) is 30.9 Å². The molecule has 0 spiro atoms. The normalized spacial score (nSPS) is 10.5. The molecule has 0 saturated heterocycles. The molecule has 1 rings (SSSR count). The molecule has 0 radical (unpaired) electrons. The maximum atomic E-state index is 12.1. The van der Waals surface area contributed by atoms with Crippen molar-refractivity contribution in [1.82, 2.24) is 4.90 Å². The lowest BCUT2D eigenvalue weighted by Crippen LogP contribution is -2.40. The van der Waals surface area contributed by atoms with Gasteiger partial charge >= 0.3 is 0 Å². The smallest absolute Gasteiger partial charge is 0.269 e. The summed E-state index contributed by atoms with van der Waals surface area (Å²) in [4.78, 5) is 23.7. The van der Waals surface area contributed by atoms with Crippen molar-refractivity contribution in [2.75, 3.05) is 19.8 Å². The molecule has 0 unspecified atom stereocenters. The van der Waals surface area contributed by atoms with Crippen LogP contribution in [0.1, 0.15) is 20.3 Å². The highest BCUT2D eigenvalue weighted by Gasteiger charge is 2.17. The van der Waals surface area contributed by atoms with Gasteiger partial charge in [-0.1, -0.05) is 0 Å². The van der Waals surface area contributed by atoms with Crippen LogP contribution < -0.4 is 4.74 Å². The molecule has 0 fully saturated rings. The standard InChI is InChI=1S/C14H20N2O5/c1-11(2)15(8-3-9-17)14(18)10-21-13-6-4-12(5-7-13)16(19)20/h4-7,11,17H,3,8-10H2,1-2H3. The van der Waals surface area contributed by atoms with Crippen molar-refractivity contribution < 1.29 is 19.6 Å². The molecule has 7 heteroatoms. The average molecular weight is 296 g/mol. The van der Waals surface area contributed by atoms with Gasteiger partial charge in [0.1, 0.15) is 5.75 Å². The Morgan fingerprint density at radius 3 is 2.48 bits per heavy atom. The lowest BCUT2D eigenvalue weighted by molar-refractivity contribution is -0.384. The Morgan fingerprint density at radius 2 is 2.00 bits per heavy atom. The third-order valence-electron chi connectivity index (χ3n) is 2.91. The zero-order valence-corrected chi connectivity index (χ0v) is 12.2. The van der Waals surface area contributed by atoms with Gasteiger partial charge in [-0.2, -0.15) is 0 Å². The van der Waals surface area contributed by atoms with Gasteiger partial charge in [-0.05, 0) is 32.4 Å². The number of rotatable bonds is 8. The van der Waals surface area contributed by atoms with Crippen LogP contribution in [0.15, 0.2) is 24.3 Å². The first-order chi connectivity index (χ1) is 9.95. The third kappa shape index (κ3) is 5.39. The summed E-state index contributed by atoms with van der Waals surface area (Å²) >= 11 is 0. The van der Waals surface area contributed by atoms with E-state index in [4.69, 9.17) is 9.84 Å². The molecule has 0 aliphatic carbocycles. The number of nitro groups is 1. The highest BCUT2D eigenvalue weighted by Crippen LogP contribution is 2.17. The SMILES string of the molecule is CC(C)N(CCCO)C(=O)COc1ccc([N+](=O)[O-])cc1. The predicted octanol–water partition coefficient (Wildman–Crippen LogP) is 1.59. The van der Waals surface area contributed by atoms with E-state index < -0.39 is 4.92 Å². The molecule has 0 aromatic heterocycles. The number of nitro benzene ring substituents is 1. The second kappa shape index (κ2) is 8.21. The molecular formula is C14H20N2O5. The molecule has 1 amide bonds. The molecule has 1 aromatic rings. The van der Waals surface area contributed by atoms with Gasteiger partial charge in [-0.25, -0.2) is 0 Å². The number of hydrogen-bond donors (Lipinski definition) is 1. The minimum Gasteiger partial charge on any atom is -0.484 e. The van der Waals surface area contributed by atoms with Gasteiger partial charge in [0.05, 0.1) is 4.92 Å². The topological polar surface area (TPSA) is 92.9 Å². The number of hydrogen-bond acceptors (Lipinski definition) is 5. The van der Waals surface area contributed by atoms with E-state index in [1.807, 2.05) is 13.8 Å². The number of aliphatic hydroxyl groups is 1. The molecule has 0 atom stereocenters. The van der Waals surface area contributed by atoms with E-state index in [1.165, 1.54) is 24.3 Å². The van der Waals surface area contributed by atoms with Crippen LogP contribution in [0.5, 0.6) is 5.75 Å². The van der Waals surface area contributed by atoms with Crippen LogP contribution in [0.2, 0.25) is 0 Å². The molecule has 21 heavy (non-hydrogen) atoms. The molecule has 0 saturated carbocycles. The Kier molecular flexibility index (Phi) is 6.61. The van der Waals surface area contributed by atoms with Crippen LogP contribution in [0, 0.1) is 10.1 Å². The number of carbonyl (C=O) groups excluding carboxylic acids is 1. The van der Waals surface area contributed by atoms with Crippen molar-refractivity contribution in [3.63, 3.8) is 0 Å². The molecule has 1 N–H and O–H groups in total. The molecular weight excluding hydrogens is 276 g/mol. The Labute approximate surface area is 123 Å². The summed E-state index contributed by atoms with van der Waals surface area (Å²) < 4.78 is 5.34. The van der Waals surface area contributed by atoms with Gasteiger partial charge in [0.15, 0.2) is 6.61 Å². The van der Waals surface area contributed by atoms with E-state index in [0.717, 1.165) is 0 Å². The van der Waals surface area contributed by atoms with Gasteiger partial charge in [0.25, 0.3) is 11.6 Å². The fraction of sp³-hybridized carbons (Fsp3) is 0.500. The van der Waals surface area contributed by atoms with E-state index in [0.29, 0.717) is 18.7 Å². The van der Waals surface area contributed by atoms with E-state index >= 15 is 0 Å². The van der Waals surface area contributed by atoms with Gasteiger partial charge in [0.2, 0.25) is 0 Å². The summed E-state index contributed by atoms with van der Waals surface area (Å²) in [6, 6.07) is 5.58. The molecule has 116 valence electrons. The number of aliphatic hydroxyl groups excluding tert-OH is 1. The minimum absolute atomic E-state index is 0.0181. The molecule has 7 nitrogen and oxygen atoms in total. The predicted molar refractivity (Wildman–Crippen MR) is 77.1 cm³/mol. The Morgan fingerprint density at radius 1 is 1.38 bits per heavy atom. The number of ether oxygens (including phenoxy) is 1. The Bertz CT molecular complexity index is 473. The average Bonchev–Trinajstić information content (AvgIpc) is 2.45. The van der Waals surface area contributed by atoms with Crippen molar-refractivity contribution in [2.24, 2.45) is 0 Å².